The van der Waals surface area contributed by atoms with Gasteiger partial charge in [-0.25, -0.2) is 4.98 Å². The van der Waals surface area contributed by atoms with Gasteiger partial charge in [0.1, 0.15) is 11.8 Å². The molecule has 0 aliphatic heterocycles. The molecule has 4 nitrogen and oxygen atoms in total. The molecule has 4 heteroatoms. The van der Waals surface area contributed by atoms with E-state index in [4.69, 9.17) is 5.26 Å². The zero-order valence-corrected chi connectivity index (χ0v) is 10.6. The molecule has 0 atom stereocenters. The first kappa shape index (κ1) is 12.8. The summed E-state index contributed by atoms with van der Waals surface area (Å²) in [6.07, 6.45) is 2.41. The van der Waals surface area contributed by atoms with Crippen LogP contribution in [0.25, 0.3) is 0 Å². The first-order valence-electron chi connectivity index (χ1n) is 5.99. The summed E-state index contributed by atoms with van der Waals surface area (Å²) in [5, 5.41) is 11.5. The number of nitrogens with zero attached hydrogens (tertiary/aromatic N) is 2. The average molecular weight is 251 g/mol. The topological polar surface area (TPSA) is 65.8 Å². The molecular weight excluding hydrogens is 238 g/mol. The van der Waals surface area contributed by atoms with Crippen LogP contribution in [-0.2, 0) is 6.42 Å². The van der Waals surface area contributed by atoms with Crippen LogP contribution in [0.2, 0.25) is 0 Å². The van der Waals surface area contributed by atoms with Gasteiger partial charge in [0.15, 0.2) is 0 Å². The van der Waals surface area contributed by atoms with Gasteiger partial charge in [-0.3, -0.25) is 4.79 Å². The summed E-state index contributed by atoms with van der Waals surface area (Å²) in [5.41, 5.74) is 2.60. The fourth-order valence-corrected chi connectivity index (χ4v) is 1.66. The zero-order valence-electron chi connectivity index (χ0n) is 10.6. The Balaban J connectivity index is 2.13. The lowest BCUT2D eigenvalue weighted by atomic mass is 10.1. The van der Waals surface area contributed by atoms with Gasteiger partial charge in [0.05, 0.1) is 0 Å². The Kier molecular flexibility index (Phi) is 3.89. The number of pyridine rings is 1. The minimum Gasteiger partial charge on any atom is -0.322 e. The van der Waals surface area contributed by atoms with E-state index in [1.807, 2.05) is 30.3 Å². The second kappa shape index (κ2) is 5.78. The number of nitriles is 1. The molecule has 2 rings (SSSR count). The smallest absolute Gasteiger partial charge is 0.255 e. The van der Waals surface area contributed by atoms with Crippen molar-refractivity contribution in [1.82, 2.24) is 4.98 Å². The van der Waals surface area contributed by atoms with E-state index in [-0.39, 0.29) is 11.6 Å². The summed E-state index contributed by atoms with van der Waals surface area (Å²) in [7, 11) is 0. The lowest BCUT2D eigenvalue weighted by Crippen LogP contribution is -2.12. The first-order valence-corrected chi connectivity index (χ1v) is 5.99. The van der Waals surface area contributed by atoms with Crippen LogP contribution in [0, 0.1) is 11.3 Å². The van der Waals surface area contributed by atoms with Crippen molar-refractivity contribution in [3.05, 3.63) is 59.4 Å². The van der Waals surface area contributed by atoms with E-state index in [0.29, 0.717) is 5.56 Å². The van der Waals surface area contributed by atoms with Gasteiger partial charge in [-0.2, -0.15) is 5.26 Å². The molecule has 1 amide bonds. The first-order chi connectivity index (χ1) is 9.22. The molecule has 1 aromatic carbocycles. The molecule has 0 unspecified atom stereocenters. The maximum atomic E-state index is 12.0. The van der Waals surface area contributed by atoms with Gasteiger partial charge in [0.2, 0.25) is 0 Å². The molecule has 0 fully saturated rings. The van der Waals surface area contributed by atoms with Crippen molar-refractivity contribution in [1.29, 1.82) is 5.26 Å². The molecule has 94 valence electrons. The molecular formula is C15H13N3O. The predicted octanol–water partition coefficient (Wildman–Crippen LogP) is 2.77. The number of nitrogens with one attached hydrogen (secondary N) is 1. The third kappa shape index (κ3) is 3.17. The SMILES string of the molecule is CCc1ccc(NC(=O)c2ccnc(C#N)c2)cc1. The molecule has 2 aromatic rings. The fourth-order valence-electron chi connectivity index (χ4n) is 1.66. The van der Waals surface area contributed by atoms with Gasteiger partial charge >= 0.3 is 0 Å². The van der Waals surface area contributed by atoms with Crippen molar-refractivity contribution >= 4 is 11.6 Å². The molecule has 1 N–H and O–H groups in total. The van der Waals surface area contributed by atoms with Crippen LogP contribution in [0.15, 0.2) is 42.6 Å². The number of aryl methyl sites for hydroxylation is 1. The molecule has 1 heterocycles. The maximum absolute atomic E-state index is 12.0. The summed E-state index contributed by atoms with van der Waals surface area (Å²) >= 11 is 0. The number of hydrogen-bond acceptors (Lipinski definition) is 3. The van der Waals surface area contributed by atoms with E-state index in [2.05, 4.69) is 17.2 Å². The van der Waals surface area contributed by atoms with Crippen molar-refractivity contribution < 1.29 is 4.79 Å². The second-order valence-electron chi connectivity index (χ2n) is 4.05. The number of hydrogen-bond donors (Lipinski definition) is 1. The lowest BCUT2D eigenvalue weighted by molar-refractivity contribution is 0.102. The highest BCUT2D eigenvalue weighted by molar-refractivity contribution is 6.04. The summed E-state index contributed by atoms with van der Waals surface area (Å²) in [4.78, 5) is 15.8. The number of benzene rings is 1. The Morgan fingerprint density at radius 1 is 1.32 bits per heavy atom. The molecule has 0 saturated carbocycles. The Morgan fingerprint density at radius 2 is 2.05 bits per heavy atom. The van der Waals surface area contributed by atoms with Crippen LogP contribution in [0.5, 0.6) is 0 Å². The highest BCUT2D eigenvalue weighted by atomic mass is 16.1. The fraction of sp³-hybridized carbons (Fsp3) is 0.133. The summed E-state index contributed by atoms with van der Waals surface area (Å²) in [6, 6.07) is 12.6. The van der Waals surface area contributed by atoms with Crippen LogP contribution in [0.3, 0.4) is 0 Å². The lowest BCUT2D eigenvalue weighted by Gasteiger charge is -2.06. The van der Waals surface area contributed by atoms with Gasteiger partial charge in [-0.05, 0) is 36.2 Å². The monoisotopic (exact) mass is 251 g/mol. The normalized spacial score (nSPS) is 9.68. The summed E-state index contributed by atoms with van der Waals surface area (Å²) in [6.45, 7) is 2.08. The molecule has 0 aliphatic carbocycles. The van der Waals surface area contributed by atoms with Crippen LogP contribution in [0.4, 0.5) is 5.69 Å². The van der Waals surface area contributed by atoms with E-state index in [9.17, 15) is 4.79 Å². The zero-order chi connectivity index (χ0) is 13.7. The van der Waals surface area contributed by atoms with Gasteiger partial charge in [0, 0.05) is 17.4 Å². The van der Waals surface area contributed by atoms with E-state index in [1.54, 1.807) is 6.07 Å². The number of carbonyl (C=O) groups is 1. The molecule has 0 spiro atoms. The number of rotatable bonds is 3. The second-order valence-corrected chi connectivity index (χ2v) is 4.05. The molecule has 0 aliphatic rings. The largest absolute Gasteiger partial charge is 0.322 e. The minimum absolute atomic E-state index is 0.231. The minimum atomic E-state index is -0.247. The highest BCUT2D eigenvalue weighted by Gasteiger charge is 2.07. The van der Waals surface area contributed by atoms with Crippen LogP contribution >= 0.6 is 0 Å². The van der Waals surface area contributed by atoms with E-state index >= 15 is 0 Å². The van der Waals surface area contributed by atoms with Gasteiger partial charge in [-0.15, -0.1) is 0 Å². The van der Waals surface area contributed by atoms with Gasteiger partial charge < -0.3 is 5.32 Å². The van der Waals surface area contributed by atoms with Crippen LogP contribution < -0.4 is 5.32 Å². The number of amides is 1. The van der Waals surface area contributed by atoms with Crippen molar-refractivity contribution in [2.45, 2.75) is 13.3 Å². The van der Waals surface area contributed by atoms with Crippen LogP contribution in [0.1, 0.15) is 28.5 Å². The van der Waals surface area contributed by atoms with Gasteiger partial charge in [-0.1, -0.05) is 19.1 Å². The summed E-state index contributed by atoms with van der Waals surface area (Å²) in [5.74, 6) is -0.247. The number of carbonyl (C=O) groups excluding carboxylic acids is 1. The van der Waals surface area contributed by atoms with Crippen molar-refractivity contribution in [2.24, 2.45) is 0 Å². The Morgan fingerprint density at radius 3 is 2.68 bits per heavy atom. The summed E-state index contributed by atoms with van der Waals surface area (Å²) < 4.78 is 0. The van der Waals surface area contributed by atoms with Gasteiger partial charge in [0.25, 0.3) is 5.91 Å². The van der Waals surface area contributed by atoms with Crippen molar-refractivity contribution in [3.63, 3.8) is 0 Å². The Labute approximate surface area is 111 Å². The van der Waals surface area contributed by atoms with Crippen molar-refractivity contribution in [3.8, 4) is 6.07 Å². The maximum Gasteiger partial charge on any atom is 0.255 e. The molecule has 19 heavy (non-hydrogen) atoms. The van der Waals surface area contributed by atoms with E-state index < -0.39 is 0 Å². The number of aromatic nitrogens is 1. The van der Waals surface area contributed by atoms with Crippen molar-refractivity contribution in [2.75, 3.05) is 5.32 Å². The average Bonchev–Trinajstić information content (AvgIpc) is 2.48. The standard InChI is InChI=1S/C15H13N3O/c1-2-11-3-5-13(6-4-11)18-15(19)12-7-8-17-14(9-12)10-16/h3-9H,2H2,1H3,(H,18,19). The van der Waals surface area contributed by atoms with Crippen LogP contribution in [-0.4, -0.2) is 10.9 Å². The Bertz CT molecular complexity index is 627. The third-order valence-electron chi connectivity index (χ3n) is 2.76. The molecule has 0 bridgehead atoms. The number of anilines is 1. The molecule has 0 radical (unpaired) electrons. The predicted molar refractivity (Wildman–Crippen MR) is 72.7 cm³/mol. The molecule has 0 saturated heterocycles. The van der Waals surface area contributed by atoms with E-state index in [1.165, 1.54) is 17.8 Å². The quantitative estimate of drug-likeness (QED) is 0.912. The third-order valence-corrected chi connectivity index (χ3v) is 2.76. The Hall–Kier alpha value is -2.67. The highest BCUT2D eigenvalue weighted by Crippen LogP contribution is 2.12. The molecule has 1 aromatic heterocycles. The van der Waals surface area contributed by atoms with E-state index in [0.717, 1.165) is 12.1 Å².